The highest BCUT2D eigenvalue weighted by Crippen LogP contribution is 2.31. The van der Waals surface area contributed by atoms with Crippen molar-refractivity contribution in [3.63, 3.8) is 0 Å². The maximum Gasteiger partial charge on any atom is 0.410 e. The third kappa shape index (κ3) is 5.77. The standard InChI is InChI=1S/C21H33N3O3S/c1-21(2,3)27-20(25)23-13-11-18(15-23)26-14-5-4-8-17-10-9-16-7-6-12-22-19(16)24(17)28/h6-7,12,17-18,28H,4-5,8-11,13-15H2,1-3H3/t17?,18-/m1/s1. The fourth-order valence-electron chi connectivity index (χ4n) is 3.80. The number of hydrogen-bond donors (Lipinski definition) is 1. The number of carbonyl (C=O) groups excluding carboxylic acids is 1. The van der Waals surface area contributed by atoms with Crippen LogP contribution in [0.25, 0.3) is 0 Å². The van der Waals surface area contributed by atoms with E-state index >= 15 is 0 Å². The molecule has 0 aromatic carbocycles. The number of aryl methyl sites for hydroxylation is 1. The van der Waals surface area contributed by atoms with Crippen molar-refractivity contribution in [2.24, 2.45) is 0 Å². The minimum absolute atomic E-state index is 0.125. The van der Waals surface area contributed by atoms with Gasteiger partial charge < -0.3 is 14.4 Å². The molecule has 3 heterocycles. The van der Waals surface area contributed by atoms with Crippen LogP contribution < -0.4 is 4.31 Å². The molecule has 0 N–H and O–H groups in total. The predicted octanol–water partition coefficient (Wildman–Crippen LogP) is 4.24. The second-order valence-corrected chi connectivity index (χ2v) is 9.16. The highest BCUT2D eigenvalue weighted by atomic mass is 32.1. The lowest BCUT2D eigenvalue weighted by atomic mass is 9.97. The van der Waals surface area contributed by atoms with Crippen molar-refractivity contribution in [2.75, 3.05) is 24.0 Å². The first-order valence-corrected chi connectivity index (χ1v) is 10.7. The molecule has 1 fully saturated rings. The van der Waals surface area contributed by atoms with E-state index in [-0.39, 0.29) is 12.2 Å². The first kappa shape index (κ1) is 21.2. The van der Waals surface area contributed by atoms with Gasteiger partial charge in [0.2, 0.25) is 0 Å². The number of likely N-dealkylation sites (tertiary alicyclic amines) is 1. The normalized spacial score (nSPS) is 22.3. The van der Waals surface area contributed by atoms with Gasteiger partial charge >= 0.3 is 6.09 Å². The lowest BCUT2D eigenvalue weighted by Gasteiger charge is -2.33. The molecule has 2 atom stereocenters. The largest absolute Gasteiger partial charge is 0.444 e. The number of amides is 1. The molecule has 1 aromatic heterocycles. The molecule has 0 aliphatic carbocycles. The molecule has 3 rings (SSSR count). The minimum Gasteiger partial charge on any atom is -0.444 e. The number of carbonyl (C=O) groups is 1. The van der Waals surface area contributed by atoms with Crippen molar-refractivity contribution < 1.29 is 14.3 Å². The van der Waals surface area contributed by atoms with E-state index in [9.17, 15) is 4.79 Å². The molecule has 0 saturated carbocycles. The fourth-order valence-corrected chi connectivity index (χ4v) is 4.22. The van der Waals surface area contributed by atoms with Gasteiger partial charge in [-0.25, -0.2) is 9.78 Å². The van der Waals surface area contributed by atoms with Crippen molar-refractivity contribution in [1.82, 2.24) is 9.88 Å². The number of fused-ring (bicyclic) bond motifs is 1. The molecule has 28 heavy (non-hydrogen) atoms. The lowest BCUT2D eigenvalue weighted by molar-refractivity contribution is 0.0206. The molecule has 1 aromatic rings. The van der Waals surface area contributed by atoms with Crippen LogP contribution in [0.1, 0.15) is 58.4 Å². The molecular weight excluding hydrogens is 374 g/mol. The van der Waals surface area contributed by atoms with Gasteiger partial charge in [-0.2, -0.15) is 0 Å². The van der Waals surface area contributed by atoms with Gasteiger partial charge in [-0.05, 0) is 70.9 Å². The van der Waals surface area contributed by atoms with E-state index in [2.05, 4.69) is 23.9 Å². The molecule has 6 nitrogen and oxygen atoms in total. The van der Waals surface area contributed by atoms with Crippen molar-refractivity contribution in [3.8, 4) is 0 Å². The van der Waals surface area contributed by atoms with E-state index in [0.29, 0.717) is 19.1 Å². The van der Waals surface area contributed by atoms with Crippen LogP contribution in [0.4, 0.5) is 10.6 Å². The average Bonchev–Trinajstić information content (AvgIpc) is 3.11. The summed E-state index contributed by atoms with van der Waals surface area (Å²) >= 11 is 4.68. The SMILES string of the molecule is CC(C)(C)OC(=O)N1CC[C@@H](OCCCCC2CCc3cccnc3N2S)C1. The maximum atomic E-state index is 12.1. The van der Waals surface area contributed by atoms with E-state index < -0.39 is 5.60 Å². The first-order chi connectivity index (χ1) is 13.3. The predicted molar refractivity (Wildman–Crippen MR) is 114 cm³/mol. The number of hydrogen-bond acceptors (Lipinski definition) is 6. The summed E-state index contributed by atoms with van der Waals surface area (Å²) in [6.07, 6.45) is 8.02. The molecule has 7 heteroatoms. The summed E-state index contributed by atoms with van der Waals surface area (Å²) in [7, 11) is 0. The third-order valence-electron chi connectivity index (χ3n) is 5.26. The van der Waals surface area contributed by atoms with Crippen molar-refractivity contribution in [2.45, 2.75) is 77.0 Å². The van der Waals surface area contributed by atoms with Crippen LogP contribution in [0.2, 0.25) is 0 Å². The number of ether oxygens (including phenoxy) is 2. The van der Waals surface area contributed by atoms with Crippen molar-refractivity contribution >= 4 is 24.7 Å². The Morgan fingerprint density at radius 2 is 2.14 bits per heavy atom. The number of aromatic nitrogens is 1. The molecule has 0 bridgehead atoms. The van der Waals surface area contributed by atoms with Gasteiger partial charge in [0.15, 0.2) is 0 Å². The Morgan fingerprint density at radius 3 is 2.93 bits per heavy atom. The Kier molecular flexibility index (Phi) is 7.10. The van der Waals surface area contributed by atoms with Crippen LogP contribution in [-0.4, -0.2) is 53.4 Å². The molecule has 1 saturated heterocycles. The molecular formula is C21H33N3O3S. The smallest absolute Gasteiger partial charge is 0.410 e. The minimum atomic E-state index is -0.452. The maximum absolute atomic E-state index is 12.1. The summed E-state index contributed by atoms with van der Waals surface area (Å²) in [6, 6.07) is 4.56. The molecule has 156 valence electrons. The summed E-state index contributed by atoms with van der Waals surface area (Å²) in [5, 5.41) is 0. The van der Waals surface area contributed by atoms with E-state index in [1.54, 1.807) is 4.90 Å². The van der Waals surface area contributed by atoms with Gasteiger partial charge in [0.05, 0.1) is 12.6 Å². The zero-order valence-corrected chi connectivity index (χ0v) is 18.2. The fraction of sp³-hybridized carbons (Fsp3) is 0.714. The van der Waals surface area contributed by atoms with Crippen LogP contribution in [0.3, 0.4) is 0 Å². The van der Waals surface area contributed by atoms with Gasteiger partial charge in [0.1, 0.15) is 11.4 Å². The summed E-state index contributed by atoms with van der Waals surface area (Å²) in [5.74, 6) is 1.01. The summed E-state index contributed by atoms with van der Waals surface area (Å²) in [4.78, 5) is 18.3. The van der Waals surface area contributed by atoms with Gasteiger partial charge in [0, 0.05) is 25.4 Å². The van der Waals surface area contributed by atoms with E-state index in [4.69, 9.17) is 9.47 Å². The van der Waals surface area contributed by atoms with Crippen LogP contribution in [0.15, 0.2) is 18.3 Å². The van der Waals surface area contributed by atoms with E-state index in [0.717, 1.165) is 50.9 Å². The molecule has 0 spiro atoms. The van der Waals surface area contributed by atoms with Gasteiger partial charge in [-0.1, -0.05) is 18.9 Å². The summed E-state index contributed by atoms with van der Waals surface area (Å²) in [6.45, 7) is 7.75. The lowest BCUT2D eigenvalue weighted by Crippen LogP contribution is -2.36. The van der Waals surface area contributed by atoms with E-state index in [1.165, 1.54) is 5.56 Å². The van der Waals surface area contributed by atoms with Crippen LogP contribution in [0, 0.1) is 0 Å². The highest BCUT2D eigenvalue weighted by Gasteiger charge is 2.30. The molecule has 2 aliphatic rings. The summed E-state index contributed by atoms with van der Waals surface area (Å²) in [5.41, 5.74) is 0.833. The zero-order chi connectivity index (χ0) is 20.1. The second-order valence-electron chi connectivity index (χ2n) is 8.73. The van der Waals surface area contributed by atoms with Crippen LogP contribution in [0.5, 0.6) is 0 Å². The first-order valence-electron chi connectivity index (χ1n) is 10.3. The number of thiol groups is 1. The van der Waals surface area contributed by atoms with Crippen molar-refractivity contribution in [3.05, 3.63) is 23.9 Å². The number of rotatable bonds is 6. The molecule has 2 aliphatic heterocycles. The highest BCUT2D eigenvalue weighted by molar-refractivity contribution is 7.81. The Hall–Kier alpha value is -1.47. The number of anilines is 1. The van der Waals surface area contributed by atoms with Crippen LogP contribution >= 0.6 is 12.8 Å². The zero-order valence-electron chi connectivity index (χ0n) is 17.3. The quantitative estimate of drug-likeness (QED) is 0.564. The number of unbranched alkanes of at least 4 members (excludes halogenated alkanes) is 1. The molecule has 1 amide bonds. The molecule has 0 radical (unpaired) electrons. The van der Waals surface area contributed by atoms with Gasteiger partial charge in [-0.15, -0.1) is 0 Å². The number of nitrogens with zero attached hydrogens (tertiary/aromatic N) is 3. The Bertz CT molecular complexity index is 665. The van der Waals surface area contributed by atoms with E-state index in [1.807, 2.05) is 37.3 Å². The Balaban J connectivity index is 1.31. The summed E-state index contributed by atoms with van der Waals surface area (Å²) < 4.78 is 13.5. The second kappa shape index (κ2) is 9.35. The Labute approximate surface area is 174 Å². The van der Waals surface area contributed by atoms with Crippen LogP contribution in [-0.2, 0) is 15.9 Å². The van der Waals surface area contributed by atoms with Gasteiger partial charge in [0.25, 0.3) is 0 Å². The third-order valence-corrected chi connectivity index (χ3v) is 5.78. The molecule has 1 unspecified atom stereocenters. The number of pyridine rings is 1. The van der Waals surface area contributed by atoms with Crippen molar-refractivity contribution in [1.29, 1.82) is 0 Å². The average molecular weight is 408 g/mol. The monoisotopic (exact) mass is 407 g/mol. The van der Waals surface area contributed by atoms with Gasteiger partial charge in [-0.3, -0.25) is 4.31 Å². The Morgan fingerprint density at radius 1 is 1.32 bits per heavy atom. The topological polar surface area (TPSA) is 54.9 Å².